The van der Waals surface area contributed by atoms with Crippen LogP contribution in [0.1, 0.15) is 29.5 Å². The van der Waals surface area contributed by atoms with Crippen LogP contribution in [0.2, 0.25) is 0 Å². The summed E-state index contributed by atoms with van der Waals surface area (Å²) >= 11 is 0. The summed E-state index contributed by atoms with van der Waals surface area (Å²) in [6.45, 7) is 3.52. The molecule has 0 atom stereocenters. The van der Waals surface area contributed by atoms with Gasteiger partial charge < -0.3 is 10.1 Å². The summed E-state index contributed by atoms with van der Waals surface area (Å²) in [5.41, 5.74) is 2.38. The number of rotatable bonds is 5. The van der Waals surface area contributed by atoms with E-state index in [4.69, 9.17) is 4.74 Å². The minimum atomic E-state index is -0.358. The van der Waals surface area contributed by atoms with E-state index in [2.05, 4.69) is 5.32 Å². The van der Waals surface area contributed by atoms with Crippen molar-refractivity contribution in [3.8, 4) is 0 Å². The molecule has 1 heterocycles. The van der Waals surface area contributed by atoms with Gasteiger partial charge in [0.15, 0.2) is 0 Å². The minimum Gasteiger partial charge on any atom is -0.381 e. The van der Waals surface area contributed by atoms with Gasteiger partial charge in [-0.25, -0.2) is 4.39 Å². The highest BCUT2D eigenvalue weighted by Gasteiger charge is 2.34. The molecule has 5 nitrogen and oxygen atoms in total. The molecule has 0 unspecified atom stereocenters. The van der Waals surface area contributed by atoms with E-state index in [1.807, 2.05) is 6.07 Å². The van der Waals surface area contributed by atoms with Gasteiger partial charge in [0.25, 0.3) is 5.69 Å². The van der Waals surface area contributed by atoms with Gasteiger partial charge in [0.05, 0.1) is 4.92 Å². The van der Waals surface area contributed by atoms with Crippen molar-refractivity contribution in [1.29, 1.82) is 0 Å². The largest absolute Gasteiger partial charge is 0.381 e. The van der Waals surface area contributed by atoms with Gasteiger partial charge in [-0.2, -0.15) is 0 Å². The third kappa shape index (κ3) is 3.70. The highest BCUT2D eigenvalue weighted by Crippen LogP contribution is 2.33. The lowest BCUT2D eigenvalue weighted by atomic mass is 9.82. The van der Waals surface area contributed by atoms with Crippen LogP contribution in [0.5, 0.6) is 0 Å². The number of ether oxygens (including phenoxy) is 1. The average molecular weight is 344 g/mol. The summed E-state index contributed by atoms with van der Waals surface area (Å²) in [6.07, 6.45) is 1.54. The second-order valence-corrected chi connectivity index (χ2v) is 6.37. The summed E-state index contributed by atoms with van der Waals surface area (Å²) in [5.74, 6) is -0.263. The van der Waals surface area contributed by atoms with Gasteiger partial charge in [-0.15, -0.1) is 0 Å². The molecule has 1 saturated heterocycles. The van der Waals surface area contributed by atoms with Crippen molar-refractivity contribution in [2.24, 2.45) is 0 Å². The lowest BCUT2D eigenvalue weighted by Crippen LogP contribution is -2.46. The Morgan fingerprint density at radius 2 is 1.88 bits per heavy atom. The van der Waals surface area contributed by atoms with Gasteiger partial charge in [0, 0.05) is 36.9 Å². The number of hydrogen-bond acceptors (Lipinski definition) is 4. The van der Waals surface area contributed by atoms with Crippen LogP contribution in [0.3, 0.4) is 0 Å². The van der Waals surface area contributed by atoms with Crippen LogP contribution < -0.4 is 5.32 Å². The van der Waals surface area contributed by atoms with Crippen molar-refractivity contribution in [2.45, 2.75) is 31.8 Å². The Hall–Kier alpha value is -2.31. The van der Waals surface area contributed by atoms with Gasteiger partial charge in [0.1, 0.15) is 5.82 Å². The van der Waals surface area contributed by atoms with Crippen LogP contribution in [0.15, 0.2) is 42.5 Å². The van der Waals surface area contributed by atoms with Gasteiger partial charge in [-0.1, -0.05) is 24.3 Å². The van der Waals surface area contributed by atoms with Crippen molar-refractivity contribution >= 4 is 5.69 Å². The van der Waals surface area contributed by atoms with Crippen molar-refractivity contribution in [3.63, 3.8) is 0 Å². The van der Waals surface area contributed by atoms with E-state index in [-0.39, 0.29) is 22.0 Å². The molecule has 0 saturated carbocycles. The van der Waals surface area contributed by atoms with Crippen LogP contribution in [-0.2, 0) is 16.8 Å². The molecular formula is C19H21FN2O3. The second-order valence-electron chi connectivity index (χ2n) is 6.37. The summed E-state index contributed by atoms with van der Waals surface area (Å²) in [6, 6.07) is 11.6. The maximum absolute atomic E-state index is 13.3. The number of nitro benzene ring substituents is 1. The van der Waals surface area contributed by atoms with Gasteiger partial charge in [-0.3, -0.25) is 10.1 Å². The quantitative estimate of drug-likeness (QED) is 0.661. The molecule has 0 aromatic heterocycles. The molecule has 1 N–H and O–H groups in total. The number of nitrogens with zero attached hydrogens (tertiary/aromatic N) is 1. The third-order valence-corrected chi connectivity index (χ3v) is 4.97. The Balaban J connectivity index is 1.86. The molecule has 2 aromatic rings. The summed E-state index contributed by atoms with van der Waals surface area (Å²) in [4.78, 5) is 10.8. The first-order valence-corrected chi connectivity index (χ1v) is 8.33. The molecule has 132 valence electrons. The predicted octanol–water partition coefficient (Wildman–Crippen LogP) is 3.84. The second kappa shape index (κ2) is 7.29. The van der Waals surface area contributed by atoms with Crippen molar-refractivity contribution < 1.29 is 14.1 Å². The van der Waals surface area contributed by atoms with E-state index in [0.29, 0.717) is 25.3 Å². The Morgan fingerprint density at radius 3 is 2.52 bits per heavy atom. The fourth-order valence-electron chi connectivity index (χ4n) is 3.38. The average Bonchev–Trinajstić information content (AvgIpc) is 2.62. The molecule has 2 aromatic carbocycles. The highest BCUT2D eigenvalue weighted by molar-refractivity contribution is 5.44. The van der Waals surface area contributed by atoms with Crippen molar-refractivity contribution in [3.05, 3.63) is 75.1 Å². The van der Waals surface area contributed by atoms with E-state index in [9.17, 15) is 14.5 Å². The van der Waals surface area contributed by atoms with E-state index in [0.717, 1.165) is 24.0 Å². The smallest absolute Gasteiger partial charge is 0.272 e. The highest BCUT2D eigenvalue weighted by atomic mass is 19.1. The molecule has 0 amide bonds. The Labute approximate surface area is 146 Å². The first kappa shape index (κ1) is 17.5. The minimum absolute atomic E-state index is 0.127. The normalized spacial score (nSPS) is 16.6. The molecule has 6 heteroatoms. The van der Waals surface area contributed by atoms with Gasteiger partial charge in [0.2, 0.25) is 0 Å². The van der Waals surface area contributed by atoms with E-state index in [1.54, 1.807) is 25.1 Å². The Morgan fingerprint density at radius 1 is 1.20 bits per heavy atom. The molecule has 1 aliphatic heterocycles. The number of halogens is 1. The predicted molar refractivity (Wildman–Crippen MR) is 92.8 cm³/mol. The lowest BCUT2D eigenvalue weighted by molar-refractivity contribution is -0.385. The first-order valence-electron chi connectivity index (χ1n) is 8.33. The fraction of sp³-hybridized carbons (Fsp3) is 0.368. The van der Waals surface area contributed by atoms with E-state index >= 15 is 0 Å². The number of nitrogens with one attached hydrogen (secondary N) is 1. The van der Waals surface area contributed by atoms with Crippen LogP contribution in [0, 0.1) is 22.9 Å². The Bertz CT molecular complexity index is 756. The molecule has 3 rings (SSSR count). The van der Waals surface area contributed by atoms with Crippen LogP contribution in [0.25, 0.3) is 0 Å². The molecule has 0 radical (unpaired) electrons. The molecule has 0 aliphatic carbocycles. The zero-order valence-corrected chi connectivity index (χ0v) is 14.1. The Kier molecular flexibility index (Phi) is 5.11. The SMILES string of the molecule is Cc1c(CNC2(c3ccc(F)cc3)CCOCC2)cccc1[N+](=O)[O-]. The van der Waals surface area contributed by atoms with Gasteiger partial charge >= 0.3 is 0 Å². The molecule has 1 aliphatic rings. The van der Waals surface area contributed by atoms with Gasteiger partial charge in [-0.05, 0) is 43.0 Å². The fourth-order valence-corrected chi connectivity index (χ4v) is 3.38. The number of hydrogen-bond donors (Lipinski definition) is 1. The first-order chi connectivity index (χ1) is 12.0. The summed E-state index contributed by atoms with van der Waals surface area (Å²) in [5, 5.41) is 14.7. The maximum atomic E-state index is 13.3. The van der Waals surface area contributed by atoms with Crippen molar-refractivity contribution in [1.82, 2.24) is 5.32 Å². The topological polar surface area (TPSA) is 64.4 Å². The zero-order chi connectivity index (χ0) is 17.9. The summed E-state index contributed by atoms with van der Waals surface area (Å²) < 4.78 is 18.8. The number of benzene rings is 2. The zero-order valence-electron chi connectivity index (χ0n) is 14.1. The standard InChI is InChI=1S/C19H21FN2O3/c1-14-15(3-2-4-18(14)22(23)24)13-21-19(9-11-25-12-10-19)16-5-7-17(20)8-6-16/h2-8,21H,9-13H2,1H3. The third-order valence-electron chi connectivity index (χ3n) is 4.97. The maximum Gasteiger partial charge on any atom is 0.272 e. The molecule has 0 spiro atoms. The lowest BCUT2D eigenvalue weighted by Gasteiger charge is -2.39. The molecule has 25 heavy (non-hydrogen) atoms. The molecule has 1 fully saturated rings. The summed E-state index contributed by atoms with van der Waals surface area (Å²) in [7, 11) is 0. The van der Waals surface area contributed by atoms with Crippen molar-refractivity contribution in [2.75, 3.05) is 13.2 Å². The van der Waals surface area contributed by atoms with E-state index in [1.165, 1.54) is 18.2 Å². The van der Waals surface area contributed by atoms with Crippen LogP contribution >= 0.6 is 0 Å². The molecule has 0 bridgehead atoms. The van der Waals surface area contributed by atoms with Crippen LogP contribution in [0.4, 0.5) is 10.1 Å². The monoisotopic (exact) mass is 344 g/mol. The van der Waals surface area contributed by atoms with Crippen LogP contribution in [-0.4, -0.2) is 18.1 Å². The number of nitro groups is 1. The van der Waals surface area contributed by atoms with E-state index < -0.39 is 0 Å². The molecular weight excluding hydrogens is 323 g/mol.